The Morgan fingerprint density at radius 1 is 0.298 bits per heavy atom. The van der Waals surface area contributed by atoms with Gasteiger partial charge in [-0.05, 0) is 163 Å². The van der Waals surface area contributed by atoms with Crippen molar-refractivity contribution in [2.24, 2.45) is 0 Å². The Morgan fingerprint density at radius 2 is 0.500 bits per heavy atom. The number of hydrogen-bond donors (Lipinski definition) is 3. The minimum atomic E-state index is -1.03. The summed E-state index contributed by atoms with van der Waals surface area (Å²) in [7, 11) is 0. The fourth-order valence-corrected chi connectivity index (χ4v) is 8.91. The molecular formula is C75H48AlN9O9. The number of carboxylic acids is 3. The first-order valence-corrected chi connectivity index (χ1v) is 27.7. The van der Waals surface area contributed by atoms with Crippen LogP contribution >= 0.6 is 0 Å². The molecule has 3 N–H and O–H groups in total. The second kappa shape index (κ2) is 33.2. The Balaban J connectivity index is 0.000000178. The van der Waals surface area contributed by atoms with Gasteiger partial charge in [0.2, 0.25) is 0 Å². The molecule has 0 atom stereocenters. The van der Waals surface area contributed by atoms with E-state index in [9.17, 15) is 29.7 Å². The molecule has 12 rings (SSSR count). The van der Waals surface area contributed by atoms with Gasteiger partial charge in [-0.25, -0.2) is 14.4 Å². The molecule has 450 valence electrons. The number of aromatic nitrogens is 3. The van der Waals surface area contributed by atoms with Gasteiger partial charge in [0.1, 0.15) is 0 Å². The van der Waals surface area contributed by atoms with Gasteiger partial charge in [-0.1, -0.05) is 109 Å². The molecule has 0 amide bonds. The summed E-state index contributed by atoms with van der Waals surface area (Å²) in [6.07, 6.45) is 0. The smallest absolute Gasteiger partial charge is 0.872 e. The van der Waals surface area contributed by atoms with Crippen LogP contribution in [0.2, 0.25) is 0 Å². The Bertz CT molecular complexity index is 4500. The zero-order valence-corrected chi connectivity index (χ0v) is 51.3. The summed E-state index contributed by atoms with van der Waals surface area (Å²) in [6.45, 7) is 5.35. The van der Waals surface area contributed by atoms with Crippen molar-refractivity contribution in [1.29, 1.82) is 31.6 Å². The quantitative estimate of drug-likeness (QED) is 0.130. The van der Waals surface area contributed by atoms with Gasteiger partial charge in [-0.3, -0.25) is 15.0 Å². The summed E-state index contributed by atoms with van der Waals surface area (Å²) < 4.78 is 0. The molecule has 0 spiro atoms. The molecule has 0 saturated carbocycles. The van der Waals surface area contributed by atoms with E-state index in [-0.39, 0.29) is 51.3 Å². The zero-order valence-electron chi connectivity index (χ0n) is 50.2. The van der Waals surface area contributed by atoms with Crippen LogP contribution in [0.15, 0.2) is 218 Å². The van der Waals surface area contributed by atoms with E-state index in [1.807, 2.05) is 54.6 Å². The maximum absolute atomic E-state index is 11.0. The molecule has 3 heterocycles. The Kier molecular flexibility index (Phi) is 24.6. The van der Waals surface area contributed by atoms with Crippen LogP contribution in [0.3, 0.4) is 0 Å². The van der Waals surface area contributed by atoms with Gasteiger partial charge in [-0.15, -0.1) is 17.2 Å². The van der Waals surface area contributed by atoms with Gasteiger partial charge in [0, 0.05) is 33.2 Å². The largest absolute Gasteiger partial charge is 3.00 e. The fraction of sp³-hybridized carbons (Fsp3) is 0.0400. The molecule has 0 fully saturated rings. The first-order chi connectivity index (χ1) is 44.8. The number of rotatable bonds is 6. The summed E-state index contributed by atoms with van der Waals surface area (Å²) in [6, 6.07) is 73.2. The van der Waals surface area contributed by atoms with E-state index in [0.717, 1.165) is 50.5 Å². The van der Waals surface area contributed by atoms with E-state index in [2.05, 4.69) is 33.2 Å². The maximum Gasteiger partial charge on any atom is 3.00 e. The maximum atomic E-state index is 11.0. The van der Waals surface area contributed by atoms with E-state index in [1.165, 1.54) is 72.8 Å². The minimum Gasteiger partial charge on any atom is -0.872 e. The summed E-state index contributed by atoms with van der Waals surface area (Å²) in [4.78, 5) is 45.5. The van der Waals surface area contributed by atoms with Crippen molar-refractivity contribution in [1.82, 2.24) is 15.0 Å². The number of nitriles is 6. The number of carbonyl (C=O) groups is 3. The molecule has 9 aromatic carbocycles. The second-order valence-corrected chi connectivity index (χ2v) is 19.9. The average molecular weight is 1250 g/mol. The number of hydrogen-bond acceptors (Lipinski definition) is 15. The molecule has 94 heavy (non-hydrogen) atoms. The summed E-state index contributed by atoms with van der Waals surface area (Å²) in [5.74, 6) is -3.08. The molecule has 19 heteroatoms. The number of pyridine rings is 3. The van der Waals surface area contributed by atoms with Gasteiger partial charge in [0.05, 0.1) is 103 Å². The van der Waals surface area contributed by atoms with Gasteiger partial charge in [0.15, 0.2) is 0 Å². The number of benzene rings is 9. The van der Waals surface area contributed by atoms with E-state index in [4.69, 9.17) is 46.9 Å². The predicted molar refractivity (Wildman–Crippen MR) is 348 cm³/mol. The average Bonchev–Trinajstić information content (AvgIpc) is 0.831. The van der Waals surface area contributed by atoms with Crippen LogP contribution in [0.4, 0.5) is 0 Å². The number of carboxylic acid groups (broad SMARTS) is 3. The third kappa shape index (κ3) is 18.3. The molecule has 0 radical (unpaired) electrons. The van der Waals surface area contributed by atoms with E-state index < -0.39 is 17.9 Å². The number of aryl methyl sites for hydroxylation is 3. The SMILES string of the molecule is Cc1ccc2c(C#N)ccc(C(=O)O)c2n1.Cc1ccc2c(C#N)ccc(C(=O)O)c2n1.Cc1ccc2c(C#N)ccc(C(=O)O)c2n1.N#Cc1ccc(-c2ccc([O-])cc2)cc1.N#Cc1ccc(-c2ccc([O-])cc2)cc1.N#Cc1ccc(-c2ccc([O-])cc2)cc1.[Al+3]. The minimum absolute atomic E-state index is 0. The molecule has 0 aliphatic heterocycles. The normalized spacial score (nSPS) is 9.67. The van der Waals surface area contributed by atoms with Crippen LogP contribution in [0.25, 0.3) is 66.1 Å². The van der Waals surface area contributed by atoms with Crippen LogP contribution in [0.5, 0.6) is 17.2 Å². The number of fused-ring (bicyclic) bond motifs is 3. The molecular weight excluding hydrogens is 1200 g/mol. The van der Waals surface area contributed by atoms with Crippen LogP contribution in [0.1, 0.15) is 81.5 Å². The summed E-state index contributed by atoms with van der Waals surface area (Å²) >= 11 is 0. The first kappa shape index (κ1) is 69.6. The molecule has 0 saturated heterocycles. The third-order valence-corrected chi connectivity index (χ3v) is 13.6. The third-order valence-electron chi connectivity index (χ3n) is 13.6. The van der Waals surface area contributed by atoms with E-state index in [1.54, 1.807) is 130 Å². The van der Waals surface area contributed by atoms with Crippen molar-refractivity contribution in [3.8, 4) is 87.0 Å². The Hall–Kier alpha value is -13.5. The van der Waals surface area contributed by atoms with Crippen molar-refractivity contribution in [3.05, 3.63) is 286 Å². The van der Waals surface area contributed by atoms with Crippen LogP contribution in [-0.2, 0) is 0 Å². The molecule has 0 bridgehead atoms. The van der Waals surface area contributed by atoms with Gasteiger partial charge >= 0.3 is 35.3 Å². The van der Waals surface area contributed by atoms with Crippen molar-refractivity contribution in [2.75, 3.05) is 0 Å². The van der Waals surface area contributed by atoms with Gasteiger partial charge in [0.25, 0.3) is 0 Å². The predicted octanol–water partition coefficient (Wildman–Crippen LogP) is 12.9. The fourth-order valence-electron chi connectivity index (χ4n) is 8.91. The van der Waals surface area contributed by atoms with Crippen LogP contribution < -0.4 is 15.3 Å². The number of nitrogens with zero attached hydrogens (tertiary/aromatic N) is 9. The Labute approximate surface area is 549 Å². The van der Waals surface area contributed by atoms with Crippen LogP contribution in [0, 0.1) is 88.8 Å². The molecule has 18 nitrogen and oxygen atoms in total. The molecule has 3 aromatic heterocycles. The summed E-state index contributed by atoms with van der Waals surface area (Å²) in [5, 5.41) is 114. The first-order valence-electron chi connectivity index (χ1n) is 27.7. The molecule has 0 unspecified atom stereocenters. The van der Waals surface area contributed by atoms with Crippen molar-refractivity contribution < 1.29 is 45.0 Å². The summed E-state index contributed by atoms with van der Waals surface area (Å²) in [5.41, 5.74) is 12.9. The van der Waals surface area contributed by atoms with Crippen molar-refractivity contribution in [3.63, 3.8) is 0 Å². The van der Waals surface area contributed by atoms with E-state index >= 15 is 0 Å². The number of aromatic carboxylic acids is 3. The van der Waals surface area contributed by atoms with Crippen molar-refractivity contribution in [2.45, 2.75) is 20.8 Å². The second-order valence-electron chi connectivity index (χ2n) is 19.9. The topological polar surface area (TPSA) is 362 Å². The molecule has 12 aromatic rings. The molecule has 0 aliphatic carbocycles. The van der Waals surface area contributed by atoms with Crippen LogP contribution in [-0.4, -0.2) is 65.5 Å². The zero-order chi connectivity index (χ0) is 67.1. The van der Waals surface area contributed by atoms with E-state index in [0.29, 0.717) is 66.1 Å². The van der Waals surface area contributed by atoms with Crippen molar-refractivity contribution >= 4 is 68.0 Å². The van der Waals surface area contributed by atoms with Gasteiger partial charge < -0.3 is 30.6 Å². The molecule has 0 aliphatic rings. The van der Waals surface area contributed by atoms with Gasteiger partial charge in [-0.2, -0.15) is 31.6 Å². The Morgan fingerprint density at radius 3 is 0.681 bits per heavy atom. The monoisotopic (exact) mass is 1250 g/mol. The standard InChI is InChI=1S/3C13H9NO.3C12H8N2O2.Al/c3*14-9-10-1-3-11(4-2-10)12-5-7-13(15)8-6-12;3*1-7-2-4-9-8(6-13)3-5-10(12(15)16)11(9)14-7;/h3*1-8,15H;3*2-5H,1H3,(H,15,16);/q;;;;;;+3/p-3.